The summed E-state index contributed by atoms with van der Waals surface area (Å²) in [4.78, 5) is 0.363. The van der Waals surface area contributed by atoms with Crippen molar-refractivity contribution in [3.05, 3.63) is 71.8 Å². The summed E-state index contributed by atoms with van der Waals surface area (Å²) in [5, 5.41) is 0. The summed E-state index contributed by atoms with van der Waals surface area (Å²) in [6.45, 7) is 4.83. The Morgan fingerprint density at radius 2 is 1.74 bits per heavy atom. The molecule has 1 atom stereocenters. The third kappa shape index (κ3) is 7.06. The van der Waals surface area contributed by atoms with Crippen LogP contribution in [-0.4, -0.2) is 21.3 Å². The Kier molecular flexibility index (Phi) is 7.86. The Labute approximate surface area is 163 Å². The average molecular weight is 385 g/mol. The molecule has 0 amide bonds. The van der Waals surface area contributed by atoms with Crippen molar-refractivity contribution in [2.45, 2.75) is 31.6 Å². The first-order valence-corrected chi connectivity index (χ1v) is 11.2. The van der Waals surface area contributed by atoms with E-state index >= 15 is 0 Å². The van der Waals surface area contributed by atoms with E-state index in [1.807, 2.05) is 48.6 Å². The lowest BCUT2D eigenvalue weighted by Gasteiger charge is -2.10. The first kappa shape index (κ1) is 21.0. The zero-order valence-electron chi connectivity index (χ0n) is 16.3. The van der Waals surface area contributed by atoms with Gasteiger partial charge in [0.2, 0.25) is 0 Å². The third-order valence-corrected chi connectivity index (χ3v) is 5.36. The maximum absolute atomic E-state index is 11.9. The van der Waals surface area contributed by atoms with E-state index in [0.717, 1.165) is 24.2 Å². The molecular weight excluding hydrogens is 356 g/mol. The number of rotatable bonds is 9. The van der Waals surface area contributed by atoms with Gasteiger partial charge in [0.25, 0.3) is 0 Å². The molecule has 0 radical (unpaired) electrons. The van der Waals surface area contributed by atoms with Gasteiger partial charge in [-0.2, -0.15) is 0 Å². The van der Waals surface area contributed by atoms with Crippen molar-refractivity contribution in [2.75, 3.05) is 12.9 Å². The maximum atomic E-state index is 11.9. The zero-order valence-corrected chi connectivity index (χ0v) is 17.1. The SMILES string of the molecule is CC/C=C/c1ccc(OCCC(C)/C=C/c2ccccc2S(C)(=O)=O)cc1. The van der Waals surface area contributed by atoms with Crippen LogP contribution in [0.5, 0.6) is 5.75 Å². The molecule has 0 aliphatic heterocycles. The molecule has 3 nitrogen and oxygen atoms in total. The van der Waals surface area contributed by atoms with Gasteiger partial charge < -0.3 is 4.74 Å². The molecule has 144 valence electrons. The average Bonchev–Trinajstić information content (AvgIpc) is 2.65. The predicted octanol–water partition coefficient (Wildman–Crippen LogP) is 5.63. The van der Waals surface area contributed by atoms with Crippen LogP contribution in [0, 0.1) is 5.92 Å². The van der Waals surface area contributed by atoms with E-state index < -0.39 is 9.84 Å². The number of hydrogen-bond acceptors (Lipinski definition) is 3. The molecule has 2 aromatic carbocycles. The molecule has 0 saturated carbocycles. The van der Waals surface area contributed by atoms with Crippen LogP contribution in [0.3, 0.4) is 0 Å². The molecule has 1 unspecified atom stereocenters. The molecule has 4 heteroatoms. The zero-order chi connectivity index (χ0) is 19.7. The summed E-state index contributed by atoms with van der Waals surface area (Å²) in [5.74, 6) is 1.15. The van der Waals surface area contributed by atoms with Crippen LogP contribution >= 0.6 is 0 Å². The van der Waals surface area contributed by atoms with Crippen LogP contribution in [0.1, 0.15) is 37.8 Å². The number of hydrogen-bond donors (Lipinski definition) is 0. The number of allylic oxidation sites excluding steroid dienone is 2. The number of sulfone groups is 1. The lowest BCUT2D eigenvalue weighted by molar-refractivity contribution is 0.296. The van der Waals surface area contributed by atoms with Gasteiger partial charge in [-0.1, -0.05) is 68.5 Å². The van der Waals surface area contributed by atoms with Crippen LogP contribution in [0.25, 0.3) is 12.2 Å². The van der Waals surface area contributed by atoms with Crippen molar-refractivity contribution >= 4 is 22.0 Å². The summed E-state index contributed by atoms with van der Waals surface area (Å²) in [6, 6.07) is 15.1. The van der Waals surface area contributed by atoms with Gasteiger partial charge in [0.1, 0.15) is 5.75 Å². The summed E-state index contributed by atoms with van der Waals surface area (Å²) in [6.07, 6.45) is 11.3. The van der Waals surface area contributed by atoms with E-state index in [1.54, 1.807) is 12.1 Å². The van der Waals surface area contributed by atoms with Crippen LogP contribution in [0.15, 0.2) is 65.6 Å². The molecule has 0 fully saturated rings. The van der Waals surface area contributed by atoms with Crippen molar-refractivity contribution < 1.29 is 13.2 Å². The van der Waals surface area contributed by atoms with E-state index in [2.05, 4.69) is 26.0 Å². The van der Waals surface area contributed by atoms with Gasteiger partial charge in [-0.15, -0.1) is 0 Å². The second kappa shape index (κ2) is 10.1. The summed E-state index contributed by atoms with van der Waals surface area (Å²) >= 11 is 0. The van der Waals surface area contributed by atoms with E-state index in [9.17, 15) is 8.42 Å². The molecule has 0 aromatic heterocycles. The molecule has 0 aliphatic rings. The van der Waals surface area contributed by atoms with E-state index in [0.29, 0.717) is 11.5 Å². The lowest BCUT2D eigenvalue weighted by Crippen LogP contribution is -2.03. The normalized spacial score (nSPS) is 13.3. The van der Waals surface area contributed by atoms with Gasteiger partial charge in [-0.05, 0) is 48.1 Å². The highest BCUT2D eigenvalue weighted by Gasteiger charge is 2.10. The minimum Gasteiger partial charge on any atom is -0.494 e. The second-order valence-electron chi connectivity index (χ2n) is 6.66. The van der Waals surface area contributed by atoms with Crippen molar-refractivity contribution in [1.82, 2.24) is 0 Å². The Morgan fingerprint density at radius 1 is 1.04 bits per heavy atom. The van der Waals surface area contributed by atoms with Crippen LogP contribution in [0.2, 0.25) is 0 Å². The predicted molar refractivity (Wildman–Crippen MR) is 114 cm³/mol. The molecule has 2 aromatic rings. The number of benzene rings is 2. The van der Waals surface area contributed by atoms with Gasteiger partial charge in [-0.3, -0.25) is 0 Å². The monoisotopic (exact) mass is 384 g/mol. The highest BCUT2D eigenvalue weighted by atomic mass is 32.2. The maximum Gasteiger partial charge on any atom is 0.176 e. The molecule has 0 bridgehead atoms. The molecule has 0 aliphatic carbocycles. The lowest BCUT2D eigenvalue weighted by atomic mass is 10.1. The van der Waals surface area contributed by atoms with Crippen LogP contribution in [0.4, 0.5) is 0 Å². The van der Waals surface area contributed by atoms with Crippen molar-refractivity contribution in [1.29, 1.82) is 0 Å². The van der Waals surface area contributed by atoms with Gasteiger partial charge in [0, 0.05) is 6.26 Å². The highest BCUT2D eigenvalue weighted by molar-refractivity contribution is 7.90. The van der Waals surface area contributed by atoms with Crippen molar-refractivity contribution in [3.63, 3.8) is 0 Å². The van der Waals surface area contributed by atoms with Gasteiger partial charge >= 0.3 is 0 Å². The largest absolute Gasteiger partial charge is 0.494 e. The minimum absolute atomic E-state index is 0.282. The van der Waals surface area contributed by atoms with E-state index in [4.69, 9.17) is 4.74 Å². The molecule has 2 rings (SSSR count). The molecule has 0 N–H and O–H groups in total. The quantitative estimate of drug-likeness (QED) is 0.562. The standard InChI is InChI=1S/C23H28O3S/c1-4-5-8-20-12-15-22(16-13-20)26-18-17-19(2)11-14-21-9-6-7-10-23(21)27(3,24)25/h5-16,19H,4,17-18H2,1-3H3/b8-5+,14-11+. The number of ether oxygens (including phenoxy) is 1. The van der Waals surface area contributed by atoms with Gasteiger partial charge in [-0.25, -0.2) is 8.42 Å². The summed E-state index contributed by atoms with van der Waals surface area (Å²) < 4.78 is 29.5. The molecule has 0 saturated heterocycles. The highest BCUT2D eigenvalue weighted by Crippen LogP contribution is 2.19. The van der Waals surface area contributed by atoms with Gasteiger partial charge in [0.05, 0.1) is 11.5 Å². The first-order chi connectivity index (χ1) is 12.9. The summed E-state index contributed by atoms with van der Waals surface area (Å²) in [7, 11) is -3.22. The topological polar surface area (TPSA) is 43.4 Å². The minimum atomic E-state index is -3.22. The molecular formula is C23H28O3S. The van der Waals surface area contributed by atoms with E-state index in [1.165, 1.54) is 11.8 Å². The second-order valence-corrected chi connectivity index (χ2v) is 8.65. The molecule has 0 spiro atoms. The fourth-order valence-corrected chi connectivity index (χ4v) is 3.50. The molecule has 27 heavy (non-hydrogen) atoms. The van der Waals surface area contributed by atoms with Crippen molar-refractivity contribution in [2.24, 2.45) is 5.92 Å². The molecule has 0 heterocycles. The third-order valence-electron chi connectivity index (χ3n) is 4.19. The fraction of sp³-hybridized carbons (Fsp3) is 0.304. The first-order valence-electron chi connectivity index (χ1n) is 9.27. The van der Waals surface area contributed by atoms with Gasteiger partial charge in [0.15, 0.2) is 9.84 Å². The Bertz CT molecular complexity index is 878. The Balaban J connectivity index is 1.87. The van der Waals surface area contributed by atoms with E-state index in [-0.39, 0.29) is 5.92 Å². The van der Waals surface area contributed by atoms with Crippen molar-refractivity contribution in [3.8, 4) is 5.75 Å². The Hall–Kier alpha value is -2.33. The van der Waals surface area contributed by atoms with Crippen LogP contribution < -0.4 is 4.74 Å². The Morgan fingerprint density at radius 3 is 2.41 bits per heavy atom. The van der Waals surface area contributed by atoms with Crippen LogP contribution in [-0.2, 0) is 9.84 Å². The fourth-order valence-electron chi connectivity index (χ4n) is 2.61. The summed E-state index contributed by atoms with van der Waals surface area (Å²) in [5.41, 5.74) is 1.90. The smallest absolute Gasteiger partial charge is 0.176 e.